The normalized spacial score (nSPS) is 11.3. The number of halogens is 5. The van der Waals surface area contributed by atoms with Crippen LogP contribution >= 0.6 is 55.1 Å². The van der Waals surface area contributed by atoms with Gasteiger partial charge in [0.15, 0.2) is 0 Å². The van der Waals surface area contributed by atoms with Crippen molar-refractivity contribution in [2.45, 2.75) is 5.88 Å². The minimum Gasteiger partial charge on any atom is -0.294 e. The molecule has 0 atom stereocenters. The van der Waals surface area contributed by atoms with E-state index in [0.717, 1.165) is 5.69 Å². The van der Waals surface area contributed by atoms with E-state index < -0.39 is 0 Å². The van der Waals surface area contributed by atoms with Gasteiger partial charge >= 0.3 is 0 Å². The Morgan fingerprint density at radius 1 is 1.24 bits per heavy atom. The van der Waals surface area contributed by atoms with Gasteiger partial charge in [0, 0.05) is 6.07 Å². The van der Waals surface area contributed by atoms with Crippen LogP contribution in [-0.2, 0) is 5.88 Å². The molecule has 0 radical (unpaired) electrons. The first-order chi connectivity index (χ1) is 10.0. The van der Waals surface area contributed by atoms with Gasteiger partial charge in [0.25, 0.3) is 0 Å². The number of hydrogen-bond acceptors (Lipinski definition) is 1. The maximum Gasteiger partial charge on any atom is 0.139 e. The lowest BCUT2D eigenvalue weighted by Gasteiger charge is -2.11. The van der Waals surface area contributed by atoms with Crippen LogP contribution in [0.1, 0.15) is 5.82 Å². The second kappa shape index (κ2) is 5.88. The lowest BCUT2D eigenvalue weighted by molar-refractivity contribution is 0.622. The first-order valence-electron chi connectivity index (χ1n) is 5.89. The van der Waals surface area contributed by atoms with Gasteiger partial charge in [-0.25, -0.2) is 9.37 Å². The van der Waals surface area contributed by atoms with Gasteiger partial charge in [-0.2, -0.15) is 0 Å². The van der Waals surface area contributed by atoms with Gasteiger partial charge in [-0.15, -0.1) is 11.6 Å². The molecular weight excluding hydrogens is 446 g/mol. The van der Waals surface area contributed by atoms with Gasteiger partial charge in [-0.1, -0.05) is 17.7 Å². The number of benzene rings is 2. The Kier molecular flexibility index (Phi) is 4.28. The molecule has 0 unspecified atom stereocenters. The van der Waals surface area contributed by atoms with Crippen LogP contribution in [0, 0.1) is 5.82 Å². The summed E-state index contributed by atoms with van der Waals surface area (Å²) in [7, 11) is 0. The second-order valence-corrected chi connectivity index (χ2v) is 6.65. The Morgan fingerprint density at radius 3 is 2.71 bits per heavy atom. The molecule has 0 N–H and O–H groups in total. The highest BCUT2D eigenvalue weighted by Crippen LogP contribution is 2.33. The van der Waals surface area contributed by atoms with E-state index >= 15 is 0 Å². The Balaban J connectivity index is 2.40. The average Bonchev–Trinajstić information content (AvgIpc) is 2.80. The highest BCUT2D eigenvalue weighted by Gasteiger charge is 2.17. The molecule has 0 aliphatic rings. The van der Waals surface area contributed by atoms with Gasteiger partial charge in [0.1, 0.15) is 11.6 Å². The minimum absolute atomic E-state index is 0.201. The molecule has 0 saturated carbocycles. The number of alkyl halides is 1. The summed E-state index contributed by atoms with van der Waals surface area (Å²) in [6, 6.07) is 8.52. The molecular formula is C14H7Br2Cl2FN2. The van der Waals surface area contributed by atoms with Crippen molar-refractivity contribution in [1.82, 2.24) is 9.55 Å². The Hall–Kier alpha value is -0.620. The smallest absolute Gasteiger partial charge is 0.139 e. The van der Waals surface area contributed by atoms with Gasteiger partial charge in [0.05, 0.1) is 36.6 Å². The van der Waals surface area contributed by atoms with Crippen molar-refractivity contribution in [3.63, 3.8) is 0 Å². The predicted octanol–water partition coefficient (Wildman–Crippen LogP) is 6.08. The molecule has 1 aromatic heterocycles. The summed E-state index contributed by atoms with van der Waals surface area (Å²) in [6.07, 6.45) is 0. The van der Waals surface area contributed by atoms with Crippen LogP contribution in [0.15, 0.2) is 39.3 Å². The molecule has 0 aliphatic carbocycles. The maximum atomic E-state index is 13.9. The molecule has 0 amide bonds. The Morgan fingerprint density at radius 2 is 2.00 bits per heavy atom. The third kappa shape index (κ3) is 2.61. The standard InChI is InChI=1S/C14H7Br2Cl2FN2/c15-7-4-10-12(5-9(7)19)21(13(6-17)20-10)11-3-1-2-8(18)14(11)16/h1-5H,6H2. The third-order valence-corrected chi connectivity index (χ3v) is 5.28. The fourth-order valence-corrected chi connectivity index (χ4v) is 3.27. The second-order valence-electron chi connectivity index (χ2n) is 4.33. The van der Waals surface area contributed by atoms with Crippen molar-refractivity contribution < 1.29 is 4.39 Å². The van der Waals surface area contributed by atoms with E-state index in [9.17, 15) is 4.39 Å². The minimum atomic E-state index is -0.358. The fourth-order valence-electron chi connectivity index (χ4n) is 2.15. The molecule has 21 heavy (non-hydrogen) atoms. The van der Waals surface area contributed by atoms with E-state index in [1.54, 1.807) is 16.7 Å². The Labute approximate surface area is 147 Å². The fraction of sp³-hybridized carbons (Fsp3) is 0.0714. The monoisotopic (exact) mass is 450 g/mol. The van der Waals surface area contributed by atoms with Crippen molar-refractivity contribution in [1.29, 1.82) is 0 Å². The number of imidazole rings is 1. The molecule has 2 nitrogen and oxygen atoms in total. The predicted molar refractivity (Wildman–Crippen MR) is 91.0 cm³/mol. The van der Waals surface area contributed by atoms with E-state index in [0.29, 0.717) is 30.8 Å². The summed E-state index contributed by atoms with van der Waals surface area (Å²) >= 11 is 18.8. The largest absolute Gasteiger partial charge is 0.294 e. The first-order valence-corrected chi connectivity index (χ1v) is 8.39. The van der Waals surface area contributed by atoms with Gasteiger partial charge < -0.3 is 0 Å². The van der Waals surface area contributed by atoms with Crippen molar-refractivity contribution in [2.75, 3.05) is 0 Å². The molecule has 7 heteroatoms. The Bertz CT molecular complexity index is 849. The van der Waals surface area contributed by atoms with E-state index in [-0.39, 0.29) is 11.7 Å². The van der Waals surface area contributed by atoms with Crippen LogP contribution in [0.3, 0.4) is 0 Å². The van der Waals surface area contributed by atoms with Gasteiger partial charge in [-0.05, 0) is 50.1 Å². The zero-order valence-electron chi connectivity index (χ0n) is 10.4. The zero-order valence-corrected chi connectivity index (χ0v) is 15.1. The summed E-state index contributed by atoms with van der Waals surface area (Å²) < 4.78 is 16.8. The van der Waals surface area contributed by atoms with E-state index in [1.165, 1.54) is 6.07 Å². The summed E-state index contributed by atoms with van der Waals surface area (Å²) in [5, 5.41) is 0.562. The number of hydrogen-bond donors (Lipinski definition) is 0. The van der Waals surface area contributed by atoms with Crippen LogP contribution in [0.2, 0.25) is 5.02 Å². The molecule has 3 aromatic rings. The molecule has 1 heterocycles. The molecule has 0 bridgehead atoms. The summed E-state index contributed by atoms with van der Waals surface area (Å²) in [4.78, 5) is 4.45. The highest BCUT2D eigenvalue weighted by atomic mass is 79.9. The lowest BCUT2D eigenvalue weighted by Crippen LogP contribution is -2.00. The molecule has 0 aliphatic heterocycles. The quantitative estimate of drug-likeness (QED) is 0.431. The van der Waals surface area contributed by atoms with E-state index in [2.05, 4.69) is 36.8 Å². The number of aromatic nitrogens is 2. The van der Waals surface area contributed by atoms with E-state index in [1.807, 2.05) is 12.1 Å². The topological polar surface area (TPSA) is 17.8 Å². The van der Waals surface area contributed by atoms with Gasteiger partial charge in [0.2, 0.25) is 0 Å². The lowest BCUT2D eigenvalue weighted by atomic mass is 10.2. The van der Waals surface area contributed by atoms with Crippen LogP contribution < -0.4 is 0 Å². The number of nitrogens with zero attached hydrogens (tertiary/aromatic N) is 2. The zero-order chi connectivity index (χ0) is 15.1. The molecule has 2 aromatic carbocycles. The third-order valence-electron chi connectivity index (χ3n) is 3.06. The maximum absolute atomic E-state index is 13.9. The summed E-state index contributed by atoms with van der Waals surface area (Å²) in [6.45, 7) is 0. The van der Waals surface area contributed by atoms with Crippen molar-refractivity contribution in [3.8, 4) is 5.69 Å². The SMILES string of the molecule is Fc1cc2c(cc1Br)nc(CCl)n2-c1cccc(Cl)c1Br. The molecule has 0 saturated heterocycles. The molecule has 0 spiro atoms. The van der Waals surface area contributed by atoms with E-state index in [4.69, 9.17) is 23.2 Å². The first kappa shape index (κ1) is 15.3. The molecule has 108 valence electrons. The van der Waals surface area contributed by atoms with Crippen LogP contribution in [0.4, 0.5) is 4.39 Å². The van der Waals surface area contributed by atoms with Crippen LogP contribution in [-0.4, -0.2) is 9.55 Å². The highest BCUT2D eigenvalue weighted by molar-refractivity contribution is 9.11. The van der Waals surface area contributed by atoms with Crippen LogP contribution in [0.25, 0.3) is 16.7 Å². The average molecular weight is 453 g/mol. The van der Waals surface area contributed by atoms with Crippen LogP contribution in [0.5, 0.6) is 0 Å². The number of rotatable bonds is 2. The van der Waals surface area contributed by atoms with Crippen molar-refractivity contribution in [2.24, 2.45) is 0 Å². The molecule has 0 fully saturated rings. The summed E-state index contributed by atoms with van der Waals surface area (Å²) in [5.41, 5.74) is 2.06. The van der Waals surface area contributed by atoms with Crippen molar-refractivity contribution in [3.05, 3.63) is 55.9 Å². The van der Waals surface area contributed by atoms with Gasteiger partial charge in [-0.3, -0.25) is 4.57 Å². The molecule has 3 rings (SSSR count). The number of fused-ring (bicyclic) bond motifs is 1. The van der Waals surface area contributed by atoms with Crippen molar-refractivity contribution >= 4 is 66.1 Å². The summed E-state index contributed by atoms with van der Waals surface area (Å²) in [5.74, 6) is 0.461.